The number of carboxylic acid groups (broad SMARTS) is 1. The number of hydrogen-bond acceptors (Lipinski definition) is 7. The highest BCUT2D eigenvalue weighted by Gasteiger charge is 2.14. The third-order valence-corrected chi connectivity index (χ3v) is 3.32. The molecule has 3 atom stereocenters. The number of aromatic nitrogens is 1. The van der Waals surface area contributed by atoms with Gasteiger partial charge in [-0.05, 0) is 26.8 Å². The van der Waals surface area contributed by atoms with Crippen LogP contribution in [0.5, 0.6) is 0 Å². The van der Waals surface area contributed by atoms with Crippen LogP contribution in [0.15, 0.2) is 6.07 Å². The van der Waals surface area contributed by atoms with Gasteiger partial charge in [-0.1, -0.05) is 23.2 Å². The number of aliphatic hydroxyl groups excluding tert-OH is 3. The van der Waals surface area contributed by atoms with E-state index >= 15 is 0 Å². The summed E-state index contributed by atoms with van der Waals surface area (Å²) in [4.78, 5) is 15.8. The maximum Gasteiger partial charge on any atom is 0.356 e. The number of nitrogens with zero attached hydrogens (tertiary/aromatic N) is 2. The monoisotopic (exact) mass is 397 g/mol. The van der Waals surface area contributed by atoms with E-state index in [9.17, 15) is 4.79 Å². The Bertz CT molecular complexity index is 532. The van der Waals surface area contributed by atoms with Crippen LogP contribution in [0.2, 0.25) is 10.2 Å². The van der Waals surface area contributed by atoms with E-state index in [1.165, 1.54) is 6.07 Å². The normalized spacial score (nSPS) is 14.4. The maximum absolute atomic E-state index is 10.5. The SMILES string of the molecule is CC(O)CN(CC(C)O)CC(C)O.Nc1cc(Cl)nc(C(=O)O)c1Cl. The van der Waals surface area contributed by atoms with Gasteiger partial charge >= 0.3 is 5.97 Å². The second-order valence-corrected chi connectivity index (χ2v) is 6.53. The van der Waals surface area contributed by atoms with Crippen molar-refractivity contribution >= 4 is 34.9 Å². The molecule has 0 spiro atoms. The van der Waals surface area contributed by atoms with Crippen LogP contribution in [0.4, 0.5) is 5.69 Å². The fourth-order valence-electron chi connectivity index (χ4n) is 2.00. The summed E-state index contributed by atoms with van der Waals surface area (Å²) in [6, 6.07) is 1.29. The van der Waals surface area contributed by atoms with Crippen LogP contribution in [-0.2, 0) is 0 Å². The van der Waals surface area contributed by atoms with Gasteiger partial charge in [0.25, 0.3) is 0 Å². The molecule has 0 fully saturated rings. The van der Waals surface area contributed by atoms with Crippen LogP contribution in [0.25, 0.3) is 0 Å². The Morgan fingerprint density at radius 2 is 1.52 bits per heavy atom. The summed E-state index contributed by atoms with van der Waals surface area (Å²) >= 11 is 11.0. The molecule has 0 bridgehead atoms. The van der Waals surface area contributed by atoms with Gasteiger partial charge in [0.1, 0.15) is 5.15 Å². The molecule has 0 radical (unpaired) electrons. The van der Waals surface area contributed by atoms with Gasteiger partial charge in [-0.2, -0.15) is 0 Å². The van der Waals surface area contributed by atoms with E-state index < -0.39 is 24.3 Å². The van der Waals surface area contributed by atoms with E-state index in [1.807, 2.05) is 4.90 Å². The summed E-state index contributed by atoms with van der Waals surface area (Å²) in [5, 5.41) is 35.9. The molecule has 1 aromatic heterocycles. The molecule has 0 aliphatic heterocycles. The third kappa shape index (κ3) is 10.4. The standard InChI is InChI=1S/C9H21NO3.C6H4Cl2N2O2/c1-7(11)4-10(5-8(2)12)6-9(3)13;7-3-1-2(9)4(8)5(10-3)6(11)12/h7-9,11-13H,4-6H2,1-3H3;1H,(H2,9,10)(H,11,12). The number of halogens is 2. The Balaban J connectivity index is 0.000000462. The minimum absolute atomic E-state index is 0.00861. The minimum atomic E-state index is -1.26. The second kappa shape index (κ2) is 11.5. The number of aromatic carboxylic acids is 1. The molecule has 0 saturated carbocycles. The second-order valence-electron chi connectivity index (χ2n) is 5.77. The summed E-state index contributed by atoms with van der Waals surface area (Å²) in [7, 11) is 0. The van der Waals surface area contributed by atoms with Crippen molar-refractivity contribution < 1.29 is 25.2 Å². The highest BCUT2D eigenvalue weighted by molar-refractivity contribution is 6.36. The summed E-state index contributed by atoms with van der Waals surface area (Å²) in [6.07, 6.45) is -1.30. The summed E-state index contributed by atoms with van der Waals surface area (Å²) in [6.45, 7) is 6.52. The molecule has 10 heteroatoms. The van der Waals surface area contributed by atoms with E-state index in [0.717, 1.165) is 0 Å². The Hall–Kier alpha value is -1.16. The Morgan fingerprint density at radius 1 is 1.12 bits per heavy atom. The average molecular weight is 398 g/mol. The van der Waals surface area contributed by atoms with E-state index in [-0.39, 0.29) is 21.6 Å². The zero-order chi connectivity index (χ0) is 19.7. The zero-order valence-electron chi connectivity index (χ0n) is 14.4. The smallest absolute Gasteiger partial charge is 0.356 e. The first-order chi connectivity index (χ1) is 11.4. The van der Waals surface area contributed by atoms with Gasteiger partial charge in [0.05, 0.1) is 29.0 Å². The molecular formula is C15H25Cl2N3O5. The number of carbonyl (C=O) groups is 1. The lowest BCUT2D eigenvalue weighted by atomic mass is 10.2. The van der Waals surface area contributed by atoms with Crippen molar-refractivity contribution in [3.05, 3.63) is 21.9 Å². The number of hydrogen-bond donors (Lipinski definition) is 5. The topological polar surface area (TPSA) is 140 Å². The van der Waals surface area contributed by atoms with Gasteiger partial charge in [-0.3, -0.25) is 4.90 Å². The predicted molar refractivity (Wildman–Crippen MR) is 97.1 cm³/mol. The molecule has 0 aliphatic carbocycles. The van der Waals surface area contributed by atoms with E-state index in [4.69, 9.17) is 49.4 Å². The lowest BCUT2D eigenvalue weighted by Gasteiger charge is -2.25. The number of aliphatic hydroxyl groups is 3. The summed E-state index contributed by atoms with van der Waals surface area (Å²) < 4.78 is 0. The molecule has 0 saturated heterocycles. The predicted octanol–water partition coefficient (Wildman–Crippen LogP) is 1.10. The Kier molecular flexibility index (Phi) is 10.9. The number of anilines is 1. The van der Waals surface area contributed by atoms with Crippen LogP contribution in [0.3, 0.4) is 0 Å². The van der Waals surface area contributed by atoms with Crippen LogP contribution < -0.4 is 5.73 Å². The van der Waals surface area contributed by atoms with Gasteiger partial charge in [-0.15, -0.1) is 0 Å². The molecule has 144 valence electrons. The van der Waals surface area contributed by atoms with Crippen molar-refractivity contribution in [3.63, 3.8) is 0 Å². The Labute approximate surface area is 156 Å². The third-order valence-electron chi connectivity index (χ3n) is 2.72. The van der Waals surface area contributed by atoms with Crippen LogP contribution >= 0.6 is 23.2 Å². The fourth-order valence-corrected chi connectivity index (χ4v) is 2.38. The van der Waals surface area contributed by atoms with Crippen LogP contribution in [0, 0.1) is 0 Å². The van der Waals surface area contributed by atoms with Crippen LogP contribution in [0.1, 0.15) is 31.3 Å². The number of pyridine rings is 1. The van der Waals surface area contributed by atoms with E-state index in [0.29, 0.717) is 19.6 Å². The number of rotatable bonds is 7. The lowest BCUT2D eigenvalue weighted by molar-refractivity contribution is 0.0530. The summed E-state index contributed by atoms with van der Waals surface area (Å²) in [5.74, 6) is -1.26. The molecule has 6 N–H and O–H groups in total. The first kappa shape index (κ1) is 23.8. The highest BCUT2D eigenvalue weighted by Crippen LogP contribution is 2.24. The molecule has 0 aliphatic rings. The molecule has 1 heterocycles. The average Bonchev–Trinajstić information content (AvgIpc) is 2.40. The van der Waals surface area contributed by atoms with Crippen molar-refractivity contribution in [2.24, 2.45) is 0 Å². The molecule has 0 amide bonds. The van der Waals surface area contributed by atoms with Crippen molar-refractivity contribution in [3.8, 4) is 0 Å². The van der Waals surface area contributed by atoms with Gasteiger partial charge < -0.3 is 26.2 Å². The van der Waals surface area contributed by atoms with Crippen molar-refractivity contribution in [1.82, 2.24) is 9.88 Å². The molecule has 1 aromatic rings. The molecular weight excluding hydrogens is 373 g/mol. The first-order valence-electron chi connectivity index (χ1n) is 7.55. The Morgan fingerprint density at radius 3 is 1.84 bits per heavy atom. The van der Waals surface area contributed by atoms with E-state index in [2.05, 4.69) is 4.98 Å². The summed E-state index contributed by atoms with van der Waals surface area (Å²) in [5.41, 5.74) is 5.11. The zero-order valence-corrected chi connectivity index (χ0v) is 15.9. The number of nitrogens with two attached hydrogens (primary N) is 1. The maximum atomic E-state index is 10.5. The van der Waals surface area contributed by atoms with Crippen LogP contribution in [-0.4, -0.2) is 74.2 Å². The van der Waals surface area contributed by atoms with Gasteiger partial charge in [0.2, 0.25) is 0 Å². The van der Waals surface area contributed by atoms with Gasteiger partial charge in [0, 0.05) is 19.6 Å². The largest absolute Gasteiger partial charge is 0.476 e. The molecule has 3 unspecified atom stereocenters. The quantitative estimate of drug-likeness (QED) is 0.430. The first-order valence-corrected chi connectivity index (χ1v) is 8.30. The number of carboxylic acids is 1. The molecule has 0 aromatic carbocycles. The molecule has 25 heavy (non-hydrogen) atoms. The minimum Gasteiger partial charge on any atom is -0.476 e. The highest BCUT2D eigenvalue weighted by atomic mass is 35.5. The van der Waals surface area contributed by atoms with Crippen molar-refractivity contribution in [2.75, 3.05) is 25.4 Å². The lowest BCUT2D eigenvalue weighted by Crippen LogP contribution is -2.40. The van der Waals surface area contributed by atoms with Gasteiger partial charge in [-0.25, -0.2) is 9.78 Å². The molecule has 1 rings (SSSR count). The number of nitrogen functional groups attached to an aromatic ring is 1. The van der Waals surface area contributed by atoms with Gasteiger partial charge in [0.15, 0.2) is 5.69 Å². The van der Waals surface area contributed by atoms with Crippen molar-refractivity contribution in [1.29, 1.82) is 0 Å². The fraction of sp³-hybridized carbons (Fsp3) is 0.600. The van der Waals surface area contributed by atoms with E-state index in [1.54, 1.807) is 20.8 Å². The molecule has 8 nitrogen and oxygen atoms in total. The van der Waals surface area contributed by atoms with Crippen molar-refractivity contribution in [2.45, 2.75) is 39.1 Å².